The standard InChI is InChI=1S/C17H23N3O2S2/c1-10-11(2)24-16-14(10)15(21)18-13(19-16)9-23-12(3)17(22)20-7-5-4-6-8-20/h12H,4-9H2,1-3H3,(H,18,19,21). The highest BCUT2D eigenvalue weighted by Gasteiger charge is 2.22. The van der Waals surface area contributed by atoms with Gasteiger partial charge in [-0.25, -0.2) is 4.98 Å². The zero-order valence-corrected chi connectivity index (χ0v) is 16.0. The fourth-order valence-corrected chi connectivity index (χ4v) is 4.90. The van der Waals surface area contributed by atoms with Crippen LogP contribution in [0.4, 0.5) is 0 Å². The normalized spacial score (nSPS) is 16.5. The highest BCUT2D eigenvalue weighted by atomic mass is 32.2. The van der Waals surface area contributed by atoms with Gasteiger partial charge in [-0.15, -0.1) is 23.1 Å². The fraction of sp³-hybridized carbons (Fsp3) is 0.588. The number of fused-ring (bicyclic) bond motifs is 1. The van der Waals surface area contributed by atoms with Gasteiger partial charge in [0.1, 0.15) is 10.7 Å². The third-order valence-electron chi connectivity index (χ3n) is 4.57. The minimum absolute atomic E-state index is 0.0764. The van der Waals surface area contributed by atoms with Crippen LogP contribution in [0.25, 0.3) is 10.2 Å². The van der Waals surface area contributed by atoms with E-state index in [1.54, 1.807) is 23.1 Å². The highest BCUT2D eigenvalue weighted by molar-refractivity contribution is 7.99. The van der Waals surface area contributed by atoms with E-state index in [0.717, 1.165) is 41.2 Å². The maximum atomic E-state index is 12.5. The third-order valence-corrected chi connectivity index (χ3v) is 6.82. The Kier molecular flexibility index (Phi) is 5.30. The van der Waals surface area contributed by atoms with Gasteiger partial charge >= 0.3 is 0 Å². The zero-order chi connectivity index (χ0) is 17.3. The number of likely N-dealkylation sites (tertiary alicyclic amines) is 1. The summed E-state index contributed by atoms with van der Waals surface area (Å²) >= 11 is 3.10. The van der Waals surface area contributed by atoms with Crippen LogP contribution in [0.5, 0.6) is 0 Å². The van der Waals surface area contributed by atoms with Crippen molar-refractivity contribution in [1.82, 2.24) is 14.9 Å². The van der Waals surface area contributed by atoms with Crippen molar-refractivity contribution >= 4 is 39.2 Å². The molecule has 0 spiro atoms. The predicted molar refractivity (Wildman–Crippen MR) is 101 cm³/mol. The average Bonchev–Trinajstić information content (AvgIpc) is 2.87. The van der Waals surface area contributed by atoms with Gasteiger partial charge in [-0.3, -0.25) is 9.59 Å². The van der Waals surface area contributed by atoms with Crippen LogP contribution >= 0.6 is 23.1 Å². The molecule has 2 aromatic rings. The molecular formula is C17H23N3O2S2. The molecule has 2 aromatic heterocycles. The number of rotatable bonds is 4. The molecule has 1 atom stereocenters. The van der Waals surface area contributed by atoms with Gasteiger partial charge in [0, 0.05) is 18.0 Å². The number of piperidine rings is 1. The molecule has 5 nitrogen and oxygen atoms in total. The second kappa shape index (κ2) is 7.27. The monoisotopic (exact) mass is 365 g/mol. The van der Waals surface area contributed by atoms with E-state index in [1.165, 1.54) is 6.42 Å². The summed E-state index contributed by atoms with van der Waals surface area (Å²) < 4.78 is 0. The average molecular weight is 366 g/mol. The lowest BCUT2D eigenvalue weighted by Crippen LogP contribution is -2.40. The van der Waals surface area contributed by atoms with Gasteiger partial charge in [-0.1, -0.05) is 0 Å². The zero-order valence-electron chi connectivity index (χ0n) is 14.3. The first-order chi connectivity index (χ1) is 11.5. The van der Waals surface area contributed by atoms with Crippen LogP contribution in [0, 0.1) is 13.8 Å². The lowest BCUT2D eigenvalue weighted by atomic mass is 10.1. The Balaban J connectivity index is 1.69. The predicted octanol–water partition coefficient (Wildman–Crippen LogP) is 3.24. The molecule has 1 saturated heterocycles. The SMILES string of the molecule is Cc1sc2nc(CSC(C)C(=O)N3CCCCC3)[nH]c(=O)c2c1C. The first-order valence-corrected chi connectivity index (χ1v) is 10.2. The van der Waals surface area contributed by atoms with E-state index >= 15 is 0 Å². The number of amides is 1. The number of hydrogen-bond donors (Lipinski definition) is 1. The molecule has 24 heavy (non-hydrogen) atoms. The number of carbonyl (C=O) groups excluding carboxylic acids is 1. The molecule has 0 radical (unpaired) electrons. The molecule has 1 amide bonds. The molecule has 0 saturated carbocycles. The molecule has 0 bridgehead atoms. The number of H-pyrrole nitrogens is 1. The first-order valence-electron chi connectivity index (χ1n) is 8.36. The molecule has 130 valence electrons. The molecule has 1 aliphatic heterocycles. The largest absolute Gasteiger partial charge is 0.342 e. The Morgan fingerprint density at radius 1 is 1.33 bits per heavy atom. The summed E-state index contributed by atoms with van der Waals surface area (Å²) in [4.78, 5) is 36.1. The number of nitrogens with zero attached hydrogens (tertiary/aromatic N) is 2. The molecule has 1 aliphatic rings. The van der Waals surface area contributed by atoms with Crippen LogP contribution < -0.4 is 5.56 Å². The number of thiophene rings is 1. The Morgan fingerprint density at radius 2 is 2.04 bits per heavy atom. The quantitative estimate of drug-likeness (QED) is 0.903. The number of nitrogens with one attached hydrogen (secondary N) is 1. The molecular weight excluding hydrogens is 342 g/mol. The maximum absolute atomic E-state index is 12.5. The summed E-state index contributed by atoms with van der Waals surface area (Å²) in [6.45, 7) is 7.66. The molecule has 3 rings (SSSR count). The topological polar surface area (TPSA) is 66.1 Å². The summed E-state index contributed by atoms with van der Waals surface area (Å²) in [5.74, 6) is 1.39. The van der Waals surface area contributed by atoms with Crippen LogP contribution in [0.1, 0.15) is 42.5 Å². The fourth-order valence-electron chi connectivity index (χ4n) is 3.01. The Morgan fingerprint density at radius 3 is 2.75 bits per heavy atom. The summed E-state index contributed by atoms with van der Waals surface area (Å²) in [6.07, 6.45) is 3.42. The number of carbonyl (C=O) groups is 1. The van der Waals surface area contributed by atoms with Crippen LogP contribution in [0.2, 0.25) is 0 Å². The van der Waals surface area contributed by atoms with Gasteiger partial charge in [0.05, 0.1) is 16.4 Å². The van der Waals surface area contributed by atoms with Gasteiger partial charge in [0.25, 0.3) is 5.56 Å². The van der Waals surface area contributed by atoms with Gasteiger partial charge in [0.15, 0.2) is 0 Å². The van der Waals surface area contributed by atoms with Gasteiger partial charge in [0.2, 0.25) is 5.91 Å². The Bertz CT molecular complexity index is 806. The van der Waals surface area contributed by atoms with Crippen LogP contribution in [-0.2, 0) is 10.5 Å². The minimum atomic E-state index is -0.115. The summed E-state index contributed by atoms with van der Waals surface area (Å²) in [5.41, 5.74) is 0.934. The van der Waals surface area contributed by atoms with Crippen LogP contribution in [0.3, 0.4) is 0 Å². The minimum Gasteiger partial charge on any atom is -0.342 e. The molecule has 7 heteroatoms. The first kappa shape index (κ1) is 17.5. The molecule has 1 unspecified atom stereocenters. The lowest BCUT2D eigenvalue weighted by molar-refractivity contribution is -0.131. The number of thioether (sulfide) groups is 1. The summed E-state index contributed by atoms with van der Waals surface area (Å²) in [7, 11) is 0. The highest BCUT2D eigenvalue weighted by Crippen LogP contribution is 2.27. The smallest absolute Gasteiger partial charge is 0.259 e. The maximum Gasteiger partial charge on any atom is 0.259 e. The van der Waals surface area contributed by atoms with E-state index in [1.807, 2.05) is 25.7 Å². The number of aromatic amines is 1. The van der Waals surface area contributed by atoms with Crippen LogP contribution in [-0.4, -0.2) is 39.1 Å². The molecule has 0 aromatic carbocycles. The van der Waals surface area contributed by atoms with Crippen molar-refractivity contribution < 1.29 is 4.79 Å². The third kappa shape index (κ3) is 3.52. The van der Waals surface area contributed by atoms with E-state index in [-0.39, 0.29) is 16.7 Å². The Hall–Kier alpha value is -1.34. The van der Waals surface area contributed by atoms with Crippen molar-refractivity contribution in [2.24, 2.45) is 0 Å². The number of aryl methyl sites for hydroxylation is 2. The van der Waals surface area contributed by atoms with Gasteiger partial charge < -0.3 is 9.88 Å². The van der Waals surface area contributed by atoms with E-state index in [2.05, 4.69) is 9.97 Å². The van der Waals surface area contributed by atoms with E-state index in [4.69, 9.17) is 0 Å². The molecule has 1 fully saturated rings. The summed E-state index contributed by atoms with van der Waals surface area (Å²) in [5, 5.41) is 0.583. The van der Waals surface area contributed by atoms with Crippen molar-refractivity contribution in [1.29, 1.82) is 0 Å². The van der Waals surface area contributed by atoms with Crippen molar-refractivity contribution in [3.05, 3.63) is 26.6 Å². The summed E-state index contributed by atoms with van der Waals surface area (Å²) in [6, 6.07) is 0. The lowest BCUT2D eigenvalue weighted by Gasteiger charge is -2.29. The second-order valence-corrected chi connectivity index (χ2v) is 8.85. The Labute approximate surface area is 149 Å². The second-order valence-electron chi connectivity index (χ2n) is 6.32. The number of hydrogen-bond acceptors (Lipinski definition) is 5. The van der Waals surface area contributed by atoms with Crippen molar-refractivity contribution in [2.45, 2.75) is 51.0 Å². The van der Waals surface area contributed by atoms with E-state index < -0.39 is 0 Å². The molecule has 3 heterocycles. The van der Waals surface area contributed by atoms with Gasteiger partial charge in [-0.2, -0.15) is 0 Å². The molecule has 0 aliphatic carbocycles. The van der Waals surface area contributed by atoms with Crippen LogP contribution in [0.15, 0.2) is 4.79 Å². The van der Waals surface area contributed by atoms with Crippen molar-refractivity contribution in [2.75, 3.05) is 13.1 Å². The van der Waals surface area contributed by atoms with Gasteiger partial charge in [-0.05, 0) is 45.6 Å². The molecule has 1 N–H and O–H groups in total. The van der Waals surface area contributed by atoms with Crippen molar-refractivity contribution in [3.63, 3.8) is 0 Å². The van der Waals surface area contributed by atoms with E-state index in [9.17, 15) is 9.59 Å². The van der Waals surface area contributed by atoms with E-state index in [0.29, 0.717) is 17.0 Å². The number of aromatic nitrogens is 2. The van der Waals surface area contributed by atoms with Crippen molar-refractivity contribution in [3.8, 4) is 0 Å².